The van der Waals surface area contributed by atoms with Crippen molar-refractivity contribution in [2.24, 2.45) is 17.8 Å². The van der Waals surface area contributed by atoms with Gasteiger partial charge < -0.3 is 0 Å². The quantitative estimate of drug-likeness (QED) is 0.291. The van der Waals surface area contributed by atoms with Crippen molar-refractivity contribution in [3.05, 3.63) is 0 Å². The summed E-state index contributed by atoms with van der Waals surface area (Å²) in [5.41, 5.74) is 0. The lowest BCUT2D eigenvalue weighted by Gasteiger charge is -2.38. The van der Waals surface area contributed by atoms with Crippen molar-refractivity contribution in [2.45, 2.75) is 142 Å². The van der Waals surface area contributed by atoms with E-state index in [2.05, 4.69) is 6.92 Å². The van der Waals surface area contributed by atoms with Crippen LogP contribution in [0.4, 0.5) is 0 Å². The second-order valence-corrected chi connectivity index (χ2v) is 9.43. The van der Waals surface area contributed by atoms with Crippen LogP contribution in [0, 0.1) is 17.8 Å². The fourth-order valence-electron chi connectivity index (χ4n) is 5.85. The highest BCUT2D eigenvalue weighted by molar-refractivity contribution is 4.81. The monoisotopic (exact) mass is 348 g/mol. The largest absolute Gasteiger partial charge is 0.0654 e. The van der Waals surface area contributed by atoms with Crippen LogP contribution in [-0.4, -0.2) is 0 Å². The lowest BCUT2D eigenvalue weighted by atomic mass is 9.68. The smallest absolute Gasteiger partial charge is 0.0357 e. The van der Waals surface area contributed by atoms with Gasteiger partial charge in [0.2, 0.25) is 0 Å². The normalized spacial score (nSPS) is 20.4. The summed E-state index contributed by atoms with van der Waals surface area (Å²) in [6.07, 6.45) is 31.9. The van der Waals surface area contributed by atoms with E-state index in [-0.39, 0.29) is 0 Å². The molecule has 2 rings (SSSR count). The molecule has 0 aromatic heterocycles. The molecule has 0 amide bonds. The molecule has 2 aliphatic rings. The maximum atomic E-state index is 2.31. The topological polar surface area (TPSA) is 0 Å². The lowest BCUT2D eigenvalue weighted by Crippen LogP contribution is -2.27. The summed E-state index contributed by atoms with van der Waals surface area (Å²) in [4.78, 5) is 0. The van der Waals surface area contributed by atoms with Crippen LogP contribution < -0.4 is 0 Å². The van der Waals surface area contributed by atoms with Crippen LogP contribution in [0.1, 0.15) is 142 Å². The van der Waals surface area contributed by atoms with Crippen LogP contribution in [0.2, 0.25) is 0 Å². The molecule has 2 aliphatic carbocycles. The standard InChI is InChI=1S/C25H48/c1-2-3-4-5-6-7-8-9-10-17-22-25(23-18-13-11-14-19-23)24-20-15-12-16-21-24/h23-25H,2-22H2,1H3. The summed E-state index contributed by atoms with van der Waals surface area (Å²) in [6.45, 7) is 2.31. The Kier molecular flexibility index (Phi) is 12.0. The molecule has 0 bridgehead atoms. The highest BCUT2D eigenvalue weighted by Crippen LogP contribution is 2.42. The van der Waals surface area contributed by atoms with E-state index >= 15 is 0 Å². The third-order valence-electron chi connectivity index (χ3n) is 7.40. The van der Waals surface area contributed by atoms with Crippen LogP contribution in [0.15, 0.2) is 0 Å². The van der Waals surface area contributed by atoms with E-state index in [1.807, 2.05) is 0 Å². The minimum atomic E-state index is 1.11. The number of hydrogen-bond donors (Lipinski definition) is 0. The molecule has 0 unspecified atom stereocenters. The second kappa shape index (κ2) is 14.1. The van der Waals surface area contributed by atoms with E-state index in [4.69, 9.17) is 0 Å². The Morgan fingerprint density at radius 2 is 0.920 bits per heavy atom. The summed E-state index contributed by atoms with van der Waals surface area (Å²) >= 11 is 0. The molecule has 0 spiro atoms. The summed E-state index contributed by atoms with van der Waals surface area (Å²) in [6, 6.07) is 0. The van der Waals surface area contributed by atoms with Crippen LogP contribution in [-0.2, 0) is 0 Å². The van der Waals surface area contributed by atoms with Gasteiger partial charge in [0.1, 0.15) is 0 Å². The van der Waals surface area contributed by atoms with Crippen molar-refractivity contribution in [1.29, 1.82) is 0 Å². The van der Waals surface area contributed by atoms with Crippen molar-refractivity contribution >= 4 is 0 Å². The number of unbranched alkanes of at least 4 members (excludes halogenated alkanes) is 9. The summed E-state index contributed by atoms with van der Waals surface area (Å²) < 4.78 is 0. The first kappa shape index (κ1) is 21.3. The highest BCUT2D eigenvalue weighted by Gasteiger charge is 2.30. The summed E-state index contributed by atoms with van der Waals surface area (Å²) in [5.74, 6) is 3.32. The summed E-state index contributed by atoms with van der Waals surface area (Å²) in [5, 5.41) is 0. The van der Waals surface area contributed by atoms with E-state index in [1.165, 1.54) is 103 Å². The molecule has 0 saturated heterocycles. The third-order valence-corrected chi connectivity index (χ3v) is 7.40. The van der Waals surface area contributed by atoms with Crippen molar-refractivity contribution in [1.82, 2.24) is 0 Å². The van der Waals surface area contributed by atoms with Gasteiger partial charge in [-0.1, -0.05) is 135 Å². The molecule has 25 heavy (non-hydrogen) atoms. The zero-order chi connectivity index (χ0) is 17.6. The van der Waals surface area contributed by atoms with Gasteiger partial charge in [0, 0.05) is 0 Å². The Hall–Kier alpha value is 0. The molecule has 0 aromatic rings. The van der Waals surface area contributed by atoms with Gasteiger partial charge in [-0.3, -0.25) is 0 Å². The minimum Gasteiger partial charge on any atom is -0.0654 e. The predicted octanol–water partition coefficient (Wildman–Crippen LogP) is 9.07. The van der Waals surface area contributed by atoms with E-state index < -0.39 is 0 Å². The molecule has 0 N–H and O–H groups in total. The Bertz CT molecular complexity index is 264. The van der Waals surface area contributed by atoms with Crippen LogP contribution in [0.5, 0.6) is 0 Å². The molecule has 0 aromatic carbocycles. The van der Waals surface area contributed by atoms with Gasteiger partial charge in [0.15, 0.2) is 0 Å². The Morgan fingerprint density at radius 3 is 1.36 bits per heavy atom. The van der Waals surface area contributed by atoms with Gasteiger partial charge in [-0.15, -0.1) is 0 Å². The van der Waals surface area contributed by atoms with Gasteiger partial charge >= 0.3 is 0 Å². The first-order valence-electron chi connectivity index (χ1n) is 12.4. The van der Waals surface area contributed by atoms with E-state index in [9.17, 15) is 0 Å². The van der Waals surface area contributed by atoms with Crippen LogP contribution >= 0.6 is 0 Å². The fourth-order valence-corrected chi connectivity index (χ4v) is 5.85. The Balaban J connectivity index is 1.57. The SMILES string of the molecule is CCCCCCCCCCCCC(C1CCCCC1)C1CCCCC1. The molecule has 2 fully saturated rings. The number of hydrogen-bond acceptors (Lipinski definition) is 0. The summed E-state index contributed by atoms with van der Waals surface area (Å²) in [7, 11) is 0. The molecule has 0 heterocycles. The Labute approximate surface area is 159 Å². The van der Waals surface area contributed by atoms with Gasteiger partial charge in [-0.05, 0) is 24.2 Å². The van der Waals surface area contributed by atoms with Gasteiger partial charge in [0.25, 0.3) is 0 Å². The van der Waals surface area contributed by atoms with Crippen LogP contribution in [0.25, 0.3) is 0 Å². The highest BCUT2D eigenvalue weighted by atomic mass is 14.4. The van der Waals surface area contributed by atoms with Crippen molar-refractivity contribution in [2.75, 3.05) is 0 Å². The average molecular weight is 349 g/mol. The molecular weight excluding hydrogens is 300 g/mol. The van der Waals surface area contributed by atoms with Crippen molar-refractivity contribution in [3.8, 4) is 0 Å². The molecule has 0 heteroatoms. The first-order valence-corrected chi connectivity index (χ1v) is 12.4. The van der Waals surface area contributed by atoms with Crippen molar-refractivity contribution in [3.63, 3.8) is 0 Å². The molecule has 2 saturated carbocycles. The molecule has 148 valence electrons. The molecule has 0 nitrogen and oxygen atoms in total. The maximum Gasteiger partial charge on any atom is -0.0357 e. The minimum absolute atomic E-state index is 1.11. The van der Waals surface area contributed by atoms with Gasteiger partial charge in [0.05, 0.1) is 0 Å². The maximum absolute atomic E-state index is 2.31. The van der Waals surface area contributed by atoms with Crippen molar-refractivity contribution < 1.29 is 0 Å². The van der Waals surface area contributed by atoms with E-state index in [1.54, 1.807) is 32.1 Å². The fraction of sp³-hybridized carbons (Fsp3) is 1.00. The van der Waals surface area contributed by atoms with Gasteiger partial charge in [-0.2, -0.15) is 0 Å². The molecule has 0 atom stereocenters. The van der Waals surface area contributed by atoms with Gasteiger partial charge in [-0.25, -0.2) is 0 Å². The second-order valence-electron chi connectivity index (χ2n) is 9.43. The molecule has 0 radical (unpaired) electrons. The van der Waals surface area contributed by atoms with Crippen LogP contribution in [0.3, 0.4) is 0 Å². The Morgan fingerprint density at radius 1 is 0.520 bits per heavy atom. The first-order chi connectivity index (χ1) is 12.4. The average Bonchev–Trinajstić information content (AvgIpc) is 2.67. The molecular formula is C25H48. The predicted molar refractivity (Wildman–Crippen MR) is 113 cm³/mol. The third kappa shape index (κ3) is 8.96. The zero-order valence-electron chi connectivity index (χ0n) is 17.6. The molecule has 0 aliphatic heterocycles. The lowest BCUT2D eigenvalue weighted by molar-refractivity contribution is 0.131. The van der Waals surface area contributed by atoms with E-state index in [0.29, 0.717) is 0 Å². The van der Waals surface area contributed by atoms with E-state index in [0.717, 1.165) is 17.8 Å². The zero-order valence-corrected chi connectivity index (χ0v) is 17.6. The number of rotatable bonds is 13.